The van der Waals surface area contributed by atoms with Crippen LogP contribution in [0.5, 0.6) is 0 Å². The van der Waals surface area contributed by atoms with E-state index in [4.69, 9.17) is 4.74 Å². The predicted octanol–water partition coefficient (Wildman–Crippen LogP) is 3.37. The summed E-state index contributed by atoms with van der Waals surface area (Å²) in [5.41, 5.74) is -0.531. The minimum absolute atomic E-state index is 0.0986. The highest BCUT2D eigenvalue weighted by molar-refractivity contribution is 8.00. The summed E-state index contributed by atoms with van der Waals surface area (Å²) >= 11 is 1.96. The highest BCUT2D eigenvalue weighted by atomic mass is 32.2. The molecule has 3 nitrogen and oxygen atoms in total. The highest BCUT2D eigenvalue weighted by Gasteiger charge is 2.40. The second kappa shape index (κ2) is 7.53. The number of ether oxygens (including phenoxy) is 1. The summed E-state index contributed by atoms with van der Waals surface area (Å²) in [6.45, 7) is 11.0. The smallest absolute Gasteiger partial charge is 0.326 e. The van der Waals surface area contributed by atoms with Crippen LogP contribution in [0.2, 0.25) is 0 Å². The molecule has 0 aromatic rings. The molecule has 0 aromatic heterocycles. The molecule has 4 heteroatoms. The van der Waals surface area contributed by atoms with Gasteiger partial charge in [-0.05, 0) is 39.5 Å². The minimum atomic E-state index is -0.531. The predicted molar refractivity (Wildman–Crippen MR) is 82.6 cm³/mol. The molecule has 19 heavy (non-hydrogen) atoms. The van der Waals surface area contributed by atoms with Gasteiger partial charge in [0.2, 0.25) is 0 Å². The van der Waals surface area contributed by atoms with E-state index in [1.165, 1.54) is 19.3 Å². The van der Waals surface area contributed by atoms with Crippen molar-refractivity contribution >= 4 is 17.7 Å². The summed E-state index contributed by atoms with van der Waals surface area (Å²) in [5.74, 6) is -0.0986. The number of nitrogens with one attached hydrogen (secondary N) is 1. The molecule has 0 heterocycles. The molecule has 0 aliphatic heterocycles. The van der Waals surface area contributed by atoms with E-state index in [9.17, 15) is 4.79 Å². The monoisotopic (exact) mass is 287 g/mol. The standard InChI is InChI=1S/C15H29NO2S/c1-6-11(3)19-12(4)10-15(5,14(17)18-7-2)16-13-8-9-13/h11-13,16H,6-10H2,1-5H3. The van der Waals surface area contributed by atoms with Crippen molar-refractivity contribution in [2.45, 2.75) is 82.4 Å². The molecule has 0 radical (unpaired) electrons. The van der Waals surface area contributed by atoms with Crippen LogP contribution in [0.25, 0.3) is 0 Å². The summed E-state index contributed by atoms with van der Waals surface area (Å²) in [4.78, 5) is 12.2. The number of esters is 1. The fourth-order valence-corrected chi connectivity index (χ4v) is 3.70. The maximum Gasteiger partial charge on any atom is 0.326 e. The Morgan fingerprint density at radius 3 is 2.47 bits per heavy atom. The van der Waals surface area contributed by atoms with Crippen LogP contribution in [-0.4, -0.2) is 34.7 Å². The van der Waals surface area contributed by atoms with Gasteiger partial charge in [0.05, 0.1) is 6.61 Å². The lowest BCUT2D eigenvalue weighted by molar-refractivity contribution is -0.150. The summed E-state index contributed by atoms with van der Waals surface area (Å²) in [6.07, 6.45) is 4.36. The van der Waals surface area contributed by atoms with E-state index in [1.807, 2.05) is 25.6 Å². The van der Waals surface area contributed by atoms with Crippen LogP contribution in [0.15, 0.2) is 0 Å². The zero-order valence-corrected chi connectivity index (χ0v) is 13.8. The van der Waals surface area contributed by atoms with E-state index in [-0.39, 0.29) is 5.97 Å². The van der Waals surface area contributed by atoms with E-state index < -0.39 is 5.54 Å². The Kier molecular flexibility index (Phi) is 6.67. The van der Waals surface area contributed by atoms with Crippen molar-refractivity contribution in [1.82, 2.24) is 5.32 Å². The van der Waals surface area contributed by atoms with Gasteiger partial charge in [0.15, 0.2) is 0 Å². The molecule has 0 bridgehead atoms. The number of hydrogen-bond donors (Lipinski definition) is 1. The first-order chi connectivity index (χ1) is 8.91. The fraction of sp³-hybridized carbons (Fsp3) is 0.933. The topological polar surface area (TPSA) is 38.3 Å². The summed E-state index contributed by atoms with van der Waals surface area (Å²) in [7, 11) is 0. The van der Waals surface area contributed by atoms with Crippen LogP contribution in [0.1, 0.15) is 60.3 Å². The van der Waals surface area contributed by atoms with Crippen molar-refractivity contribution < 1.29 is 9.53 Å². The number of hydrogen-bond acceptors (Lipinski definition) is 4. The molecular formula is C15H29NO2S. The van der Waals surface area contributed by atoms with Gasteiger partial charge in [0, 0.05) is 16.5 Å². The molecule has 1 fully saturated rings. The Hall–Kier alpha value is -0.220. The quantitative estimate of drug-likeness (QED) is 0.660. The van der Waals surface area contributed by atoms with Crippen LogP contribution < -0.4 is 5.32 Å². The molecule has 1 aliphatic carbocycles. The molecule has 1 aliphatic rings. The van der Waals surface area contributed by atoms with Gasteiger partial charge in [0.1, 0.15) is 5.54 Å². The molecule has 3 unspecified atom stereocenters. The van der Waals surface area contributed by atoms with Crippen molar-refractivity contribution in [1.29, 1.82) is 0 Å². The number of thioether (sulfide) groups is 1. The van der Waals surface area contributed by atoms with Gasteiger partial charge < -0.3 is 4.74 Å². The van der Waals surface area contributed by atoms with E-state index >= 15 is 0 Å². The van der Waals surface area contributed by atoms with Gasteiger partial charge >= 0.3 is 5.97 Å². The Bertz CT molecular complexity index is 294. The largest absolute Gasteiger partial charge is 0.465 e. The van der Waals surface area contributed by atoms with Crippen molar-refractivity contribution in [2.24, 2.45) is 0 Å². The van der Waals surface area contributed by atoms with Gasteiger partial charge in [0.25, 0.3) is 0 Å². The normalized spacial score (nSPS) is 21.5. The van der Waals surface area contributed by atoms with Gasteiger partial charge in [-0.1, -0.05) is 20.8 Å². The summed E-state index contributed by atoms with van der Waals surface area (Å²) in [5, 5.41) is 4.58. The lowest BCUT2D eigenvalue weighted by atomic mass is 9.95. The fourth-order valence-electron chi connectivity index (χ4n) is 2.29. The Morgan fingerprint density at radius 2 is 2.00 bits per heavy atom. The Morgan fingerprint density at radius 1 is 1.37 bits per heavy atom. The van der Waals surface area contributed by atoms with Crippen LogP contribution in [0.4, 0.5) is 0 Å². The van der Waals surface area contributed by atoms with E-state index in [2.05, 4.69) is 26.1 Å². The second-order valence-corrected chi connectivity index (χ2v) is 7.72. The summed E-state index contributed by atoms with van der Waals surface area (Å²) < 4.78 is 5.26. The third kappa shape index (κ3) is 5.74. The Labute approximate surface area is 122 Å². The molecule has 0 saturated heterocycles. The molecule has 0 aromatic carbocycles. The molecule has 0 amide bonds. The molecule has 3 atom stereocenters. The molecule has 0 spiro atoms. The molecule has 112 valence electrons. The highest BCUT2D eigenvalue weighted by Crippen LogP contribution is 2.30. The van der Waals surface area contributed by atoms with Gasteiger partial charge in [-0.3, -0.25) is 10.1 Å². The maximum atomic E-state index is 12.2. The lowest BCUT2D eigenvalue weighted by Crippen LogP contribution is -2.53. The zero-order valence-electron chi connectivity index (χ0n) is 13.0. The van der Waals surface area contributed by atoms with E-state index in [0.717, 1.165) is 6.42 Å². The van der Waals surface area contributed by atoms with E-state index in [0.29, 0.717) is 23.1 Å². The van der Waals surface area contributed by atoms with Crippen LogP contribution in [-0.2, 0) is 9.53 Å². The minimum Gasteiger partial charge on any atom is -0.465 e. The van der Waals surface area contributed by atoms with Crippen LogP contribution in [0, 0.1) is 0 Å². The van der Waals surface area contributed by atoms with Crippen LogP contribution in [0.3, 0.4) is 0 Å². The maximum absolute atomic E-state index is 12.2. The first-order valence-electron chi connectivity index (χ1n) is 7.51. The van der Waals surface area contributed by atoms with Crippen molar-refractivity contribution in [3.8, 4) is 0 Å². The molecule has 1 saturated carbocycles. The number of rotatable bonds is 9. The lowest BCUT2D eigenvalue weighted by Gasteiger charge is -2.31. The van der Waals surface area contributed by atoms with Crippen molar-refractivity contribution in [2.75, 3.05) is 6.61 Å². The second-order valence-electron chi connectivity index (χ2n) is 5.84. The first kappa shape index (κ1) is 16.8. The van der Waals surface area contributed by atoms with Crippen molar-refractivity contribution in [3.05, 3.63) is 0 Å². The molecule has 1 N–H and O–H groups in total. The van der Waals surface area contributed by atoms with Gasteiger partial charge in [-0.25, -0.2) is 0 Å². The number of carbonyl (C=O) groups excluding carboxylic acids is 1. The zero-order chi connectivity index (χ0) is 14.5. The van der Waals surface area contributed by atoms with Gasteiger partial charge in [-0.2, -0.15) is 11.8 Å². The van der Waals surface area contributed by atoms with E-state index in [1.54, 1.807) is 0 Å². The SMILES string of the molecule is CCOC(=O)C(C)(CC(C)SC(C)CC)NC1CC1. The Balaban J connectivity index is 2.59. The molecule has 1 rings (SSSR count). The average Bonchev–Trinajstić information content (AvgIpc) is 3.12. The first-order valence-corrected chi connectivity index (χ1v) is 8.46. The van der Waals surface area contributed by atoms with Crippen molar-refractivity contribution in [3.63, 3.8) is 0 Å². The third-order valence-electron chi connectivity index (χ3n) is 3.56. The van der Waals surface area contributed by atoms with Crippen LogP contribution >= 0.6 is 11.8 Å². The third-order valence-corrected chi connectivity index (χ3v) is 4.99. The summed E-state index contributed by atoms with van der Waals surface area (Å²) in [6, 6.07) is 0.509. The van der Waals surface area contributed by atoms with Gasteiger partial charge in [-0.15, -0.1) is 0 Å². The average molecular weight is 287 g/mol. The molecular weight excluding hydrogens is 258 g/mol. The number of carbonyl (C=O) groups is 1.